The molecular formula is C18H34N4O12. The van der Waals surface area contributed by atoms with E-state index in [0.29, 0.717) is 26.2 Å². The highest BCUT2D eigenvalue weighted by atomic mass is 16.4. The molecule has 0 atom stereocenters. The third kappa shape index (κ3) is 19.5. The number of aliphatic hydroxyl groups is 4. The minimum absolute atomic E-state index is 0.0972. The molecule has 0 amide bonds. The summed E-state index contributed by atoms with van der Waals surface area (Å²) in [6, 6.07) is 1.48. The maximum absolute atomic E-state index is 10.9. The van der Waals surface area contributed by atoms with Crippen LogP contribution in [-0.2, 0) is 0 Å². The Morgan fingerprint density at radius 3 is 0.765 bits per heavy atom. The average molecular weight is 498 g/mol. The third-order valence-electron chi connectivity index (χ3n) is 2.61. The molecule has 0 bridgehead atoms. The van der Waals surface area contributed by atoms with E-state index in [0.717, 1.165) is 12.1 Å². The van der Waals surface area contributed by atoms with Crippen LogP contribution < -0.4 is 22.9 Å². The Kier molecular flexibility index (Phi) is 29.1. The largest absolute Gasteiger partial charge is 0.478 e. The number of aromatic carboxylic acids is 4. The van der Waals surface area contributed by atoms with Crippen molar-refractivity contribution < 1.29 is 60.0 Å². The maximum Gasteiger partial charge on any atom is 0.337 e. The highest BCUT2D eigenvalue weighted by Crippen LogP contribution is 2.20. The first kappa shape index (κ1) is 38.1. The number of carboxylic acid groups (broad SMARTS) is 4. The second kappa shape index (κ2) is 26.0. The van der Waals surface area contributed by atoms with Gasteiger partial charge in [0.2, 0.25) is 0 Å². The van der Waals surface area contributed by atoms with E-state index in [2.05, 4.69) is 0 Å². The molecule has 0 heterocycles. The number of benzene rings is 1. The number of carbonyl (C=O) groups is 4. The summed E-state index contributed by atoms with van der Waals surface area (Å²) in [6.07, 6.45) is 0. The van der Waals surface area contributed by atoms with Crippen LogP contribution in [0.2, 0.25) is 0 Å². The lowest BCUT2D eigenvalue weighted by Crippen LogP contribution is -2.19. The Bertz CT molecular complexity index is 641. The predicted octanol–water partition coefficient (Wildman–Crippen LogP) is -3.77. The van der Waals surface area contributed by atoms with Crippen molar-refractivity contribution in [3.05, 3.63) is 34.4 Å². The van der Waals surface area contributed by atoms with E-state index in [1.807, 2.05) is 0 Å². The lowest BCUT2D eigenvalue weighted by atomic mass is 9.95. The fourth-order valence-electron chi connectivity index (χ4n) is 1.40. The summed E-state index contributed by atoms with van der Waals surface area (Å²) in [4.78, 5) is 43.4. The Balaban J connectivity index is -0.000000229. The smallest absolute Gasteiger partial charge is 0.337 e. The van der Waals surface area contributed by atoms with Crippen LogP contribution in [0.3, 0.4) is 0 Å². The Morgan fingerprint density at radius 1 is 0.500 bits per heavy atom. The first-order chi connectivity index (χ1) is 15.9. The van der Waals surface area contributed by atoms with E-state index in [9.17, 15) is 19.2 Å². The molecule has 1 rings (SSSR count). The average Bonchev–Trinajstić information content (AvgIpc) is 2.83. The Labute approximate surface area is 194 Å². The van der Waals surface area contributed by atoms with E-state index in [1.165, 1.54) is 0 Å². The van der Waals surface area contributed by atoms with Gasteiger partial charge in [-0.1, -0.05) is 0 Å². The molecule has 0 unspecified atom stereocenters. The van der Waals surface area contributed by atoms with Gasteiger partial charge in [-0.15, -0.1) is 0 Å². The van der Waals surface area contributed by atoms with Gasteiger partial charge in [0.05, 0.1) is 48.7 Å². The van der Waals surface area contributed by atoms with Crippen molar-refractivity contribution >= 4 is 23.9 Å². The minimum atomic E-state index is -1.83. The van der Waals surface area contributed by atoms with Gasteiger partial charge in [0.25, 0.3) is 0 Å². The molecule has 0 fully saturated rings. The van der Waals surface area contributed by atoms with E-state index < -0.39 is 46.1 Å². The van der Waals surface area contributed by atoms with Crippen molar-refractivity contribution in [1.29, 1.82) is 0 Å². The molecule has 1 aromatic rings. The van der Waals surface area contributed by atoms with Crippen LogP contribution in [0.15, 0.2) is 12.1 Å². The summed E-state index contributed by atoms with van der Waals surface area (Å²) in [5.41, 5.74) is 15.4. The van der Waals surface area contributed by atoms with Crippen molar-refractivity contribution in [2.24, 2.45) is 22.9 Å². The van der Waals surface area contributed by atoms with Gasteiger partial charge < -0.3 is 63.8 Å². The van der Waals surface area contributed by atoms with Gasteiger partial charge in [0, 0.05) is 26.2 Å². The van der Waals surface area contributed by atoms with Gasteiger partial charge in [-0.3, -0.25) is 0 Å². The summed E-state index contributed by atoms with van der Waals surface area (Å²) >= 11 is 0. The molecule has 0 aromatic heterocycles. The molecule has 34 heavy (non-hydrogen) atoms. The first-order valence-electron chi connectivity index (χ1n) is 9.27. The van der Waals surface area contributed by atoms with Gasteiger partial charge >= 0.3 is 23.9 Å². The van der Waals surface area contributed by atoms with Crippen molar-refractivity contribution in [3.63, 3.8) is 0 Å². The van der Waals surface area contributed by atoms with Crippen LogP contribution >= 0.6 is 0 Å². The zero-order chi connectivity index (χ0) is 27.7. The lowest BCUT2D eigenvalue weighted by molar-refractivity contribution is 0.0619. The highest BCUT2D eigenvalue weighted by molar-refractivity contribution is 6.13. The van der Waals surface area contributed by atoms with Gasteiger partial charge in [0.1, 0.15) is 0 Å². The summed E-state index contributed by atoms with van der Waals surface area (Å²) in [7, 11) is 0. The number of nitrogens with two attached hydrogens (primary N) is 4. The number of carboxylic acids is 4. The molecule has 16 nitrogen and oxygen atoms in total. The van der Waals surface area contributed by atoms with Crippen molar-refractivity contribution in [1.82, 2.24) is 0 Å². The molecule has 0 saturated heterocycles. The molecule has 0 saturated carbocycles. The molecular weight excluding hydrogens is 464 g/mol. The summed E-state index contributed by atoms with van der Waals surface area (Å²) in [5.74, 6) is -6.97. The van der Waals surface area contributed by atoms with Crippen LogP contribution in [0.4, 0.5) is 0 Å². The zero-order valence-electron chi connectivity index (χ0n) is 18.3. The summed E-state index contributed by atoms with van der Waals surface area (Å²) < 4.78 is 0. The van der Waals surface area contributed by atoms with Crippen LogP contribution in [0.5, 0.6) is 0 Å². The molecule has 0 aliphatic carbocycles. The topological polar surface area (TPSA) is 334 Å². The van der Waals surface area contributed by atoms with Crippen LogP contribution in [0, 0.1) is 0 Å². The fourth-order valence-corrected chi connectivity index (χ4v) is 1.40. The Hall–Kier alpha value is -3.22. The molecule has 198 valence electrons. The fraction of sp³-hybridized carbons (Fsp3) is 0.444. The third-order valence-corrected chi connectivity index (χ3v) is 2.61. The van der Waals surface area contributed by atoms with Crippen molar-refractivity contribution in [2.45, 2.75) is 0 Å². The van der Waals surface area contributed by atoms with Crippen LogP contribution in [0.25, 0.3) is 0 Å². The number of aliphatic hydroxyl groups excluding tert-OH is 4. The molecule has 1 aromatic carbocycles. The molecule has 0 spiro atoms. The van der Waals surface area contributed by atoms with E-state index >= 15 is 0 Å². The number of hydrogen-bond donors (Lipinski definition) is 12. The minimum Gasteiger partial charge on any atom is -0.478 e. The van der Waals surface area contributed by atoms with Crippen molar-refractivity contribution in [3.8, 4) is 0 Å². The van der Waals surface area contributed by atoms with Gasteiger partial charge in [-0.25, -0.2) is 19.2 Å². The number of hydrogen-bond acceptors (Lipinski definition) is 12. The van der Waals surface area contributed by atoms with E-state index in [-0.39, 0.29) is 26.4 Å². The number of rotatable bonds is 8. The standard InChI is InChI=1S/C10H6O8.4C2H7NO/c11-7(12)3-1-2-4(8(13)14)6(10(17)18)5(3)9(15)16;4*3-1-2-4/h1-2H,(H,11,12)(H,13,14)(H,15,16)(H,17,18);4*4H,1-3H2. The molecule has 0 aliphatic heterocycles. The molecule has 16 heteroatoms. The normalized spacial score (nSPS) is 8.71. The molecule has 16 N–H and O–H groups in total. The van der Waals surface area contributed by atoms with E-state index in [1.54, 1.807) is 0 Å². The quantitative estimate of drug-likeness (QED) is 0.163. The monoisotopic (exact) mass is 498 g/mol. The van der Waals surface area contributed by atoms with Crippen LogP contribution in [0.1, 0.15) is 41.4 Å². The molecule has 0 radical (unpaired) electrons. The summed E-state index contributed by atoms with van der Waals surface area (Å²) in [6.45, 7) is 1.89. The van der Waals surface area contributed by atoms with Crippen molar-refractivity contribution in [2.75, 3.05) is 52.6 Å². The highest BCUT2D eigenvalue weighted by Gasteiger charge is 2.29. The van der Waals surface area contributed by atoms with Gasteiger partial charge in [-0.2, -0.15) is 0 Å². The lowest BCUT2D eigenvalue weighted by Gasteiger charge is -2.08. The SMILES string of the molecule is NCCO.NCCO.NCCO.NCCO.O=C(O)c1ccc(C(=O)O)c(C(=O)O)c1C(=O)O. The van der Waals surface area contributed by atoms with E-state index in [4.69, 9.17) is 63.8 Å². The molecule has 0 aliphatic rings. The van der Waals surface area contributed by atoms with Crippen LogP contribution in [-0.4, -0.2) is 117 Å². The summed E-state index contributed by atoms with van der Waals surface area (Å²) in [5, 5.41) is 66.2. The zero-order valence-corrected chi connectivity index (χ0v) is 18.3. The first-order valence-corrected chi connectivity index (χ1v) is 9.27. The Morgan fingerprint density at radius 2 is 0.676 bits per heavy atom. The second-order valence-electron chi connectivity index (χ2n) is 5.18. The maximum atomic E-state index is 10.9. The second-order valence-corrected chi connectivity index (χ2v) is 5.18. The van der Waals surface area contributed by atoms with Gasteiger partial charge in [0.15, 0.2) is 0 Å². The van der Waals surface area contributed by atoms with Gasteiger partial charge in [-0.05, 0) is 12.1 Å². The predicted molar refractivity (Wildman–Crippen MR) is 119 cm³/mol.